The van der Waals surface area contributed by atoms with Gasteiger partial charge in [0.2, 0.25) is 0 Å². The number of carboxylic acid groups (broad SMARTS) is 1. The van der Waals surface area contributed by atoms with Crippen molar-refractivity contribution in [2.45, 2.75) is 6.18 Å². The minimum atomic E-state index is -4.93. The zero-order valence-electron chi connectivity index (χ0n) is 11.3. The van der Waals surface area contributed by atoms with Gasteiger partial charge >= 0.3 is 12.1 Å². The summed E-state index contributed by atoms with van der Waals surface area (Å²) < 4.78 is 54.1. The highest BCUT2D eigenvalue weighted by Crippen LogP contribution is 2.35. The Balaban J connectivity index is 2.37. The maximum absolute atomic E-state index is 13.8. The van der Waals surface area contributed by atoms with Crippen LogP contribution in [0.5, 0.6) is 0 Å². The van der Waals surface area contributed by atoms with Crippen molar-refractivity contribution in [2.24, 2.45) is 0 Å². The van der Waals surface area contributed by atoms with Gasteiger partial charge in [-0.1, -0.05) is 24.3 Å². The summed E-state index contributed by atoms with van der Waals surface area (Å²) in [5.74, 6) is -2.33. The van der Waals surface area contributed by atoms with Crippen LogP contribution in [0.1, 0.15) is 16.1 Å². The van der Waals surface area contributed by atoms with Gasteiger partial charge in [-0.2, -0.15) is 18.3 Å². The number of nitrogens with zero attached hydrogens (tertiary/aromatic N) is 2. The second-order valence-corrected chi connectivity index (χ2v) is 4.73. The van der Waals surface area contributed by atoms with Gasteiger partial charge in [0, 0.05) is 10.8 Å². The number of carbonyl (C=O) groups is 1. The standard InChI is InChI=1S/C15H8F4N2O2/c16-11-5-1-4-9-8(11)3-2-6-12(9)21-13(15(17,18)19)10(7-20-21)14(22)23/h1-7H,(H,22,23). The topological polar surface area (TPSA) is 55.1 Å². The van der Waals surface area contributed by atoms with Crippen LogP contribution in [-0.2, 0) is 6.18 Å². The van der Waals surface area contributed by atoms with Crippen molar-refractivity contribution in [1.82, 2.24) is 9.78 Å². The molecule has 0 spiro atoms. The molecule has 0 amide bonds. The Morgan fingerprint density at radius 1 is 1.09 bits per heavy atom. The highest BCUT2D eigenvalue weighted by molar-refractivity contribution is 5.92. The first-order chi connectivity index (χ1) is 10.8. The lowest BCUT2D eigenvalue weighted by Crippen LogP contribution is -2.17. The summed E-state index contributed by atoms with van der Waals surface area (Å²) in [7, 11) is 0. The van der Waals surface area contributed by atoms with Gasteiger partial charge in [0.25, 0.3) is 0 Å². The molecule has 8 heteroatoms. The van der Waals surface area contributed by atoms with Gasteiger partial charge in [-0.25, -0.2) is 13.9 Å². The normalized spacial score (nSPS) is 11.8. The first-order valence-corrected chi connectivity index (χ1v) is 6.37. The first kappa shape index (κ1) is 15.0. The van der Waals surface area contributed by atoms with Crippen molar-refractivity contribution in [2.75, 3.05) is 0 Å². The van der Waals surface area contributed by atoms with Crippen molar-refractivity contribution in [3.8, 4) is 5.69 Å². The number of rotatable bonds is 2. The smallest absolute Gasteiger partial charge is 0.434 e. The number of hydrogen-bond acceptors (Lipinski definition) is 2. The van der Waals surface area contributed by atoms with Crippen LogP contribution >= 0.6 is 0 Å². The summed E-state index contributed by atoms with van der Waals surface area (Å²) in [5.41, 5.74) is -2.44. The maximum Gasteiger partial charge on any atom is 0.434 e. The van der Waals surface area contributed by atoms with Crippen LogP contribution in [-0.4, -0.2) is 20.9 Å². The molecule has 4 nitrogen and oxygen atoms in total. The highest BCUT2D eigenvalue weighted by Gasteiger charge is 2.40. The number of alkyl halides is 3. The fourth-order valence-corrected chi connectivity index (χ4v) is 2.40. The molecule has 1 N–H and O–H groups in total. The minimum Gasteiger partial charge on any atom is -0.478 e. The van der Waals surface area contributed by atoms with Gasteiger partial charge in [0.15, 0.2) is 5.69 Å². The van der Waals surface area contributed by atoms with Crippen molar-refractivity contribution >= 4 is 16.7 Å². The van der Waals surface area contributed by atoms with E-state index >= 15 is 0 Å². The molecule has 0 saturated heterocycles. The molecule has 3 aromatic rings. The lowest BCUT2D eigenvalue weighted by atomic mass is 10.1. The molecule has 0 radical (unpaired) electrons. The molecule has 0 aliphatic carbocycles. The molecule has 0 unspecified atom stereocenters. The summed E-state index contributed by atoms with van der Waals surface area (Å²) in [6.07, 6.45) is -4.30. The van der Waals surface area contributed by atoms with E-state index in [1.807, 2.05) is 0 Å². The fraction of sp³-hybridized carbons (Fsp3) is 0.0667. The van der Waals surface area contributed by atoms with E-state index in [9.17, 15) is 22.4 Å². The Morgan fingerprint density at radius 3 is 2.39 bits per heavy atom. The lowest BCUT2D eigenvalue weighted by Gasteiger charge is -2.13. The molecule has 0 atom stereocenters. The molecule has 3 rings (SSSR count). The van der Waals surface area contributed by atoms with E-state index in [0.29, 0.717) is 10.9 Å². The number of halogens is 4. The quantitative estimate of drug-likeness (QED) is 0.728. The summed E-state index contributed by atoms with van der Waals surface area (Å²) in [6, 6.07) is 8.09. The van der Waals surface area contributed by atoms with Crippen LogP contribution < -0.4 is 0 Å². The van der Waals surface area contributed by atoms with Crippen molar-refractivity contribution < 1.29 is 27.5 Å². The zero-order chi connectivity index (χ0) is 16.8. The number of aromatic nitrogens is 2. The Hall–Kier alpha value is -2.90. The van der Waals surface area contributed by atoms with Gasteiger partial charge in [-0.15, -0.1) is 0 Å². The molecular weight excluding hydrogens is 316 g/mol. The van der Waals surface area contributed by atoms with Crippen LogP contribution in [0, 0.1) is 5.82 Å². The number of fused-ring (bicyclic) bond motifs is 1. The fourth-order valence-electron chi connectivity index (χ4n) is 2.40. The van der Waals surface area contributed by atoms with Gasteiger partial charge < -0.3 is 5.11 Å². The van der Waals surface area contributed by atoms with E-state index in [0.717, 1.165) is 0 Å². The Labute approximate surface area is 126 Å². The van der Waals surface area contributed by atoms with Crippen LogP contribution in [0.2, 0.25) is 0 Å². The average Bonchev–Trinajstić information content (AvgIpc) is 2.92. The third-order valence-corrected chi connectivity index (χ3v) is 3.34. The molecule has 1 aromatic heterocycles. The van der Waals surface area contributed by atoms with Crippen LogP contribution in [0.25, 0.3) is 16.5 Å². The van der Waals surface area contributed by atoms with Gasteiger partial charge in [-0.3, -0.25) is 0 Å². The summed E-state index contributed by atoms with van der Waals surface area (Å²) in [4.78, 5) is 11.0. The van der Waals surface area contributed by atoms with E-state index in [2.05, 4.69) is 5.10 Å². The Bertz CT molecular complexity index is 915. The van der Waals surface area contributed by atoms with E-state index in [1.165, 1.54) is 36.4 Å². The summed E-state index contributed by atoms with van der Waals surface area (Å²) in [6.45, 7) is 0. The second kappa shape index (κ2) is 5.08. The van der Waals surface area contributed by atoms with E-state index in [-0.39, 0.29) is 16.5 Å². The van der Waals surface area contributed by atoms with E-state index < -0.39 is 29.2 Å². The van der Waals surface area contributed by atoms with Gasteiger partial charge in [0.05, 0.1) is 11.9 Å². The number of carboxylic acids is 1. The number of hydrogen-bond donors (Lipinski definition) is 1. The SMILES string of the molecule is O=C(O)c1cnn(-c2cccc3c(F)cccc23)c1C(F)(F)F. The molecule has 0 saturated carbocycles. The van der Waals surface area contributed by atoms with Crippen molar-refractivity contribution in [1.29, 1.82) is 0 Å². The Morgan fingerprint density at radius 2 is 1.74 bits per heavy atom. The molecule has 23 heavy (non-hydrogen) atoms. The third kappa shape index (κ3) is 2.41. The number of aromatic carboxylic acids is 1. The highest BCUT2D eigenvalue weighted by atomic mass is 19.4. The predicted molar refractivity (Wildman–Crippen MR) is 73.0 cm³/mol. The molecule has 0 fully saturated rings. The van der Waals surface area contributed by atoms with Crippen molar-refractivity contribution in [3.63, 3.8) is 0 Å². The zero-order valence-corrected chi connectivity index (χ0v) is 11.3. The molecule has 1 heterocycles. The third-order valence-electron chi connectivity index (χ3n) is 3.34. The maximum atomic E-state index is 13.8. The molecule has 2 aromatic carbocycles. The van der Waals surface area contributed by atoms with Crippen molar-refractivity contribution in [3.05, 3.63) is 59.7 Å². The largest absolute Gasteiger partial charge is 0.478 e. The monoisotopic (exact) mass is 324 g/mol. The molecule has 0 aliphatic heterocycles. The minimum absolute atomic E-state index is 0.0539. The lowest BCUT2D eigenvalue weighted by molar-refractivity contribution is -0.143. The van der Waals surface area contributed by atoms with E-state index in [4.69, 9.17) is 5.11 Å². The van der Waals surface area contributed by atoms with Crippen LogP contribution in [0.3, 0.4) is 0 Å². The second-order valence-electron chi connectivity index (χ2n) is 4.73. The summed E-state index contributed by atoms with van der Waals surface area (Å²) in [5, 5.41) is 12.8. The molecule has 118 valence electrons. The first-order valence-electron chi connectivity index (χ1n) is 6.37. The predicted octanol–water partition coefficient (Wildman–Crippen LogP) is 3.88. The van der Waals surface area contributed by atoms with Gasteiger partial charge in [-0.05, 0) is 12.1 Å². The van der Waals surface area contributed by atoms with E-state index in [1.54, 1.807) is 0 Å². The number of benzene rings is 2. The van der Waals surface area contributed by atoms with Crippen LogP contribution in [0.15, 0.2) is 42.6 Å². The Kier molecular flexibility index (Phi) is 3.32. The molecule has 0 aliphatic rings. The summed E-state index contributed by atoms with van der Waals surface area (Å²) >= 11 is 0. The van der Waals surface area contributed by atoms with Crippen LogP contribution in [0.4, 0.5) is 17.6 Å². The van der Waals surface area contributed by atoms with Gasteiger partial charge in [0.1, 0.15) is 11.4 Å². The molecular formula is C15H8F4N2O2. The molecule has 0 bridgehead atoms. The average molecular weight is 324 g/mol.